The van der Waals surface area contributed by atoms with Gasteiger partial charge in [0, 0.05) is 28.4 Å². The summed E-state index contributed by atoms with van der Waals surface area (Å²) in [6.07, 6.45) is 7.76. The maximum Gasteiger partial charge on any atom is 0.337 e. The lowest BCUT2D eigenvalue weighted by Gasteiger charge is -2.19. The number of sulfone groups is 1. The van der Waals surface area contributed by atoms with E-state index in [9.17, 15) is 13.2 Å². The number of esters is 1. The molecule has 6 nitrogen and oxygen atoms in total. The summed E-state index contributed by atoms with van der Waals surface area (Å²) in [4.78, 5) is 20.3. The Morgan fingerprint density at radius 3 is 2.83 bits per heavy atom. The SMILES string of the molecule is CCS(=O)(=O)C1=C[C@H](c2cc(C(=O)OC)cc3[nH]c4ncc(C)cc4c23)CC=C1. The van der Waals surface area contributed by atoms with Crippen LogP contribution in [0.3, 0.4) is 0 Å². The molecule has 150 valence electrons. The fraction of sp³-hybridized carbons (Fsp3) is 0.273. The molecule has 0 saturated heterocycles. The molecule has 0 unspecified atom stereocenters. The van der Waals surface area contributed by atoms with Gasteiger partial charge in [0.25, 0.3) is 0 Å². The molecule has 1 aromatic carbocycles. The average molecular weight is 410 g/mol. The number of pyridine rings is 1. The van der Waals surface area contributed by atoms with E-state index in [-0.39, 0.29) is 11.7 Å². The first kappa shape index (κ1) is 19.4. The summed E-state index contributed by atoms with van der Waals surface area (Å²) in [6.45, 7) is 3.61. The van der Waals surface area contributed by atoms with Gasteiger partial charge >= 0.3 is 5.97 Å². The maximum atomic E-state index is 12.4. The molecule has 2 heterocycles. The number of fused-ring (bicyclic) bond motifs is 3. The number of nitrogens with zero attached hydrogens (tertiary/aromatic N) is 1. The number of nitrogens with one attached hydrogen (secondary N) is 1. The van der Waals surface area contributed by atoms with Crippen LogP contribution in [0.5, 0.6) is 0 Å². The topological polar surface area (TPSA) is 89.1 Å². The molecule has 1 atom stereocenters. The Balaban J connectivity index is 2.01. The molecule has 0 bridgehead atoms. The second-order valence-corrected chi connectivity index (χ2v) is 9.51. The van der Waals surface area contributed by atoms with E-state index in [0.29, 0.717) is 16.9 Å². The molecule has 4 rings (SSSR count). The zero-order chi connectivity index (χ0) is 20.8. The fourth-order valence-electron chi connectivity index (χ4n) is 3.82. The Bertz CT molecular complexity index is 1300. The van der Waals surface area contributed by atoms with Crippen molar-refractivity contribution in [3.63, 3.8) is 0 Å². The van der Waals surface area contributed by atoms with Crippen LogP contribution in [-0.2, 0) is 14.6 Å². The zero-order valence-corrected chi connectivity index (χ0v) is 17.3. The van der Waals surface area contributed by atoms with Gasteiger partial charge in [-0.2, -0.15) is 0 Å². The standard InChI is InChI=1S/C22H22N2O4S/c1-4-29(26,27)16-7-5-6-14(9-16)17-10-15(22(25)28-3)11-19-20(17)18-8-13(2)12-23-21(18)24-19/h5,7-12,14H,4,6H2,1-3H3,(H,23,24)/t14-/m1/s1. The Hall–Kier alpha value is -2.93. The van der Waals surface area contributed by atoms with E-state index >= 15 is 0 Å². The van der Waals surface area contributed by atoms with Gasteiger partial charge in [0.15, 0.2) is 9.84 Å². The highest BCUT2D eigenvalue weighted by atomic mass is 32.2. The molecular weight excluding hydrogens is 388 g/mol. The predicted molar refractivity (Wildman–Crippen MR) is 114 cm³/mol. The third kappa shape index (κ3) is 3.35. The Morgan fingerprint density at radius 2 is 2.10 bits per heavy atom. The van der Waals surface area contributed by atoms with Crippen LogP contribution in [0.1, 0.15) is 40.7 Å². The normalized spacial score (nSPS) is 16.9. The number of rotatable bonds is 4. The van der Waals surface area contributed by atoms with E-state index in [1.165, 1.54) is 7.11 Å². The number of H-pyrrole nitrogens is 1. The Morgan fingerprint density at radius 1 is 1.31 bits per heavy atom. The molecule has 0 radical (unpaired) electrons. The van der Waals surface area contributed by atoms with Crippen molar-refractivity contribution in [2.24, 2.45) is 0 Å². The Labute approximate surface area is 169 Å². The molecule has 0 fully saturated rings. The van der Waals surface area contributed by atoms with E-state index < -0.39 is 15.8 Å². The number of benzene rings is 1. The van der Waals surface area contributed by atoms with Crippen LogP contribution in [0.15, 0.2) is 47.5 Å². The molecule has 0 amide bonds. The van der Waals surface area contributed by atoms with Crippen LogP contribution in [0, 0.1) is 6.92 Å². The van der Waals surface area contributed by atoms with E-state index in [1.807, 2.05) is 13.0 Å². The van der Waals surface area contributed by atoms with Gasteiger partial charge in [-0.05, 0) is 48.7 Å². The minimum atomic E-state index is -3.32. The van der Waals surface area contributed by atoms with Crippen LogP contribution >= 0.6 is 0 Å². The Kier molecular flexibility index (Phi) is 4.78. The monoisotopic (exact) mass is 410 g/mol. The molecule has 2 aromatic heterocycles. The van der Waals surface area contributed by atoms with Crippen LogP contribution in [-0.4, -0.2) is 37.2 Å². The second kappa shape index (κ2) is 7.15. The van der Waals surface area contributed by atoms with Crippen molar-refractivity contribution in [2.75, 3.05) is 12.9 Å². The number of methoxy groups -OCH3 is 1. The van der Waals surface area contributed by atoms with Crippen LogP contribution in [0.2, 0.25) is 0 Å². The predicted octanol–water partition coefficient (Wildman–Crippen LogP) is 4.17. The third-order valence-corrected chi connectivity index (χ3v) is 7.06. The first-order valence-corrected chi connectivity index (χ1v) is 11.1. The number of ether oxygens (including phenoxy) is 1. The van der Waals surface area contributed by atoms with Gasteiger partial charge in [-0.1, -0.05) is 19.1 Å². The second-order valence-electron chi connectivity index (χ2n) is 7.23. The summed E-state index contributed by atoms with van der Waals surface area (Å²) in [5.74, 6) is -0.570. The quantitative estimate of drug-likeness (QED) is 0.652. The molecule has 0 aliphatic heterocycles. The number of carbonyl (C=O) groups excluding carboxylic acids is 1. The number of allylic oxidation sites excluding steroid dienone is 3. The van der Waals surface area contributed by atoms with Crippen molar-refractivity contribution in [1.82, 2.24) is 9.97 Å². The molecular formula is C22H22N2O4S. The van der Waals surface area contributed by atoms with Crippen molar-refractivity contribution in [2.45, 2.75) is 26.2 Å². The van der Waals surface area contributed by atoms with Gasteiger partial charge in [0.2, 0.25) is 0 Å². The number of hydrogen-bond donors (Lipinski definition) is 1. The van der Waals surface area contributed by atoms with E-state index in [1.54, 1.807) is 37.4 Å². The fourth-order valence-corrected chi connectivity index (χ4v) is 4.83. The lowest BCUT2D eigenvalue weighted by atomic mass is 9.88. The molecule has 3 aromatic rings. The largest absolute Gasteiger partial charge is 0.465 e. The number of carbonyl (C=O) groups is 1. The first-order valence-electron chi connectivity index (χ1n) is 9.45. The highest BCUT2D eigenvalue weighted by molar-refractivity contribution is 7.95. The smallest absolute Gasteiger partial charge is 0.337 e. The zero-order valence-electron chi connectivity index (χ0n) is 16.5. The van der Waals surface area contributed by atoms with Crippen molar-refractivity contribution in [1.29, 1.82) is 0 Å². The summed E-state index contributed by atoms with van der Waals surface area (Å²) < 4.78 is 29.7. The van der Waals surface area contributed by atoms with Gasteiger partial charge in [0.1, 0.15) is 5.65 Å². The summed E-state index contributed by atoms with van der Waals surface area (Å²) in [7, 11) is -1.98. The van der Waals surface area contributed by atoms with Crippen molar-refractivity contribution in [3.05, 3.63) is 64.2 Å². The van der Waals surface area contributed by atoms with E-state index in [4.69, 9.17) is 4.74 Å². The van der Waals surface area contributed by atoms with Gasteiger partial charge in [-0.25, -0.2) is 18.2 Å². The number of aryl methyl sites for hydroxylation is 1. The summed E-state index contributed by atoms with van der Waals surface area (Å²) in [6, 6.07) is 5.61. The average Bonchev–Trinajstić information content (AvgIpc) is 3.10. The summed E-state index contributed by atoms with van der Waals surface area (Å²) in [5, 5.41) is 1.91. The molecule has 0 saturated carbocycles. The highest BCUT2D eigenvalue weighted by Gasteiger charge is 2.24. The van der Waals surface area contributed by atoms with Gasteiger partial charge in [-0.15, -0.1) is 0 Å². The maximum absolute atomic E-state index is 12.4. The number of aromatic nitrogens is 2. The molecule has 1 aliphatic rings. The highest BCUT2D eigenvalue weighted by Crippen LogP contribution is 2.38. The minimum absolute atomic E-state index is 0.0453. The first-order chi connectivity index (χ1) is 13.8. The lowest BCUT2D eigenvalue weighted by Crippen LogP contribution is -2.10. The van der Waals surface area contributed by atoms with Crippen LogP contribution < -0.4 is 0 Å². The van der Waals surface area contributed by atoms with Crippen LogP contribution in [0.4, 0.5) is 0 Å². The van der Waals surface area contributed by atoms with Crippen molar-refractivity contribution < 1.29 is 17.9 Å². The third-order valence-electron chi connectivity index (χ3n) is 5.31. The molecule has 7 heteroatoms. The van der Waals surface area contributed by atoms with Gasteiger partial charge < -0.3 is 9.72 Å². The summed E-state index contributed by atoms with van der Waals surface area (Å²) in [5.41, 5.74) is 3.83. The number of hydrogen-bond acceptors (Lipinski definition) is 5. The minimum Gasteiger partial charge on any atom is -0.465 e. The van der Waals surface area contributed by atoms with E-state index in [2.05, 4.69) is 16.0 Å². The molecule has 0 spiro atoms. The molecule has 29 heavy (non-hydrogen) atoms. The van der Waals surface area contributed by atoms with E-state index in [0.717, 1.165) is 33.1 Å². The van der Waals surface area contributed by atoms with Gasteiger partial charge in [0.05, 0.1) is 23.3 Å². The van der Waals surface area contributed by atoms with Crippen molar-refractivity contribution >= 4 is 37.7 Å². The van der Waals surface area contributed by atoms with Crippen LogP contribution in [0.25, 0.3) is 21.9 Å². The summed E-state index contributed by atoms with van der Waals surface area (Å²) >= 11 is 0. The molecule has 1 N–H and O–H groups in total. The van der Waals surface area contributed by atoms with Gasteiger partial charge in [-0.3, -0.25) is 0 Å². The molecule has 1 aliphatic carbocycles. The lowest BCUT2D eigenvalue weighted by molar-refractivity contribution is 0.0600. The van der Waals surface area contributed by atoms with Crippen molar-refractivity contribution in [3.8, 4) is 0 Å². The number of aromatic amines is 1.